The fourth-order valence-electron chi connectivity index (χ4n) is 4.20. The molecule has 0 bridgehead atoms. The zero-order valence-electron chi connectivity index (χ0n) is 13.6. The van der Waals surface area contributed by atoms with E-state index in [1.54, 1.807) is 0 Å². The summed E-state index contributed by atoms with van der Waals surface area (Å²) in [5, 5.41) is 9.76. The van der Waals surface area contributed by atoms with Gasteiger partial charge >= 0.3 is 0 Å². The second kappa shape index (κ2) is 7.78. The average molecular weight is 325 g/mol. The van der Waals surface area contributed by atoms with Gasteiger partial charge in [-0.1, -0.05) is 49.6 Å². The third-order valence-electron chi connectivity index (χ3n) is 5.44. The standard InChI is InChI=1S/C18H28N2O.ClH/c1-16(21)19-12-14-20(15-13-19)18(10-6-3-7-11-18)17-8-4-2-5-9-17;/h2,4-5,8-9,16,21H,3,6-7,10-15H2,1H3;1H. The Labute approximate surface area is 140 Å². The Morgan fingerprint density at radius 3 is 2.09 bits per heavy atom. The van der Waals surface area contributed by atoms with E-state index in [9.17, 15) is 5.11 Å². The van der Waals surface area contributed by atoms with E-state index in [2.05, 4.69) is 40.1 Å². The molecule has 0 aromatic heterocycles. The van der Waals surface area contributed by atoms with E-state index >= 15 is 0 Å². The molecule has 3 nitrogen and oxygen atoms in total. The molecule has 22 heavy (non-hydrogen) atoms. The molecule has 1 saturated carbocycles. The molecule has 1 heterocycles. The van der Waals surface area contributed by atoms with Crippen LogP contribution in [0.5, 0.6) is 0 Å². The minimum atomic E-state index is -0.314. The van der Waals surface area contributed by atoms with Crippen LogP contribution in [0.1, 0.15) is 44.6 Å². The number of rotatable bonds is 3. The van der Waals surface area contributed by atoms with Crippen LogP contribution in [0.4, 0.5) is 0 Å². The van der Waals surface area contributed by atoms with Gasteiger partial charge in [-0.2, -0.15) is 0 Å². The fourth-order valence-corrected chi connectivity index (χ4v) is 4.20. The van der Waals surface area contributed by atoms with Crippen LogP contribution in [-0.4, -0.2) is 47.3 Å². The average Bonchev–Trinajstić information content (AvgIpc) is 2.56. The number of aliphatic hydroxyl groups excluding tert-OH is 1. The molecule has 1 atom stereocenters. The van der Waals surface area contributed by atoms with Gasteiger partial charge in [0.1, 0.15) is 6.23 Å². The fraction of sp³-hybridized carbons (Fsp3) is 0.667. The van der Waals surface area contributed by atoms with Gasteiger partial charge in [-0.3, -0.25) is 9.80 Å². The normalized spacial score (nSPS) is 24.5. The summed E-state index contributed by atoms with van der Waals surface area (Å²) in [4.78, 5) is 4.87. The lowest BCUT2D eigenvalue weighted by molar-refractivity contribution is -0.0510. The largest absolute Gasteiger partial charge is 0.379 e. The van der Waals surface area contributed by atoms with E-state index in [1.807, 2.05) is 6.92 Å². The van der Waals surface area contributed by atoms with Gasteiger partial charge < -0.3 is 5.11 Å². The van der Waals surface area contributed by atoms with Crippen molar-refractivity contribution in [3.63, 3.8) is 0 Å². The molecule has 4 heteroatoms. The Bertz CT molecular complexity index is 438. The Kier molecular flexibility index (Phi) is 6.27. The van der Waals surface area contributed by atoms with Gasteiger partial charge in [0.15, 0.2) is 0 Å². The number of halogens is 1. The second-order valence-corrected chi connectivity index (χ2v) is 6.61. The number of piperazine rings is 1. The van der Waals surface area contributed by atoms with Crippen LogP contribution < -0.4 is 0 Å². The molecule has 1 aromatic carbocycles. The molecule has 1 aliphatic carbocycles. The minimum absolute atomic E-state index is 0. The highest BCUT2D eigenvalue weighted by Gasteiger charge is 2.40. The summed E-state index contributed by atoms with van der Waals surface area (Å²) >= 11 is 0. The lowest BCUT2D eigenvalue weighted by Crippen LogP contribution is -2.57. The molecule has 1 N–H and O–H groups in total. The molecule has 1 unspecified atom stereocenters. The lowest BCUT2D eigenvalue weighted by Gasteiger charge is -2.50. The van der Waals surface area contributed by atoms with Crippen LogP contribution >= 0.6 is 12.4 Å². The molecule has 1 aliphatic heterocycles. The first-order valence-corrected chi connectivity index (χ1v) is 8.45. The van der Waals surface area contributed by atoms with E-state index in [0.29, 0.717) is 0 Å². The van der Waals surface area contributed by atoms with Gasteiger partial charge in [0.2, 0.25) is 0 Å². The van der Waals surface area contributed by atoms with Crippen LogP contribution in [0.3, 0.4) is 0 Å². The maximum absolute atomic E-state index is 9.76. The van der Waals surface area contributed by atoms with Crippen molar-refractivity contribution in [1.82, 2.24) is 9.80 Å². The summed E-state index contributed by atoms with van der Waals surface area (Å²) in [6.45, 7) is 5.97. The summed E-state index contributed by atoms with van der Waals surface area (Å²) < 4.78 is 0. The van der Waals surface area contributed by atoms with E-state index in [0.717, 1.165) is 26.2 Å². The van der Waals surface area contributed by atoms with Gasteiger partial charge in [0, 0.05) is 31.7 Å². The van der Waals surface area contributed by atoms with Gasteiger partial charge in [-0.05, 0) is 25.3 Å². The summed E-state index contributed by atoms with van der Waals surface area (Å²) in [6.07, 6.45) is 6.31. The zero-order valence-corrected chi connectivity index (χ0v) is 14.4. The Morgan fingerprint density at radius 2 is 1.55 bits per heavy atom. The first-order valence-electron chi connectivity index (χ1n) is 8.45. The topological polar surface area (TPSA) is 26.7 Å². The van der Waals surface area contributed by atoms with Crippen molar-refractivity contribution >= 4 is 12.4 Å². The third kappa shape index (κ3) is 3.48. The highest BCUT2D eigenvalue weighted by atomic mass is 35.5. The molecule has 2 fully saturated rings. The number of nitrogens with zero attached hydrogens (tertiary/aromatic N) is 2. The van der Waals surface area contributed by atoms with E-state index in [4.69, 9.17) is 0 Å². The maximum Gasteiger partial charge on any atom is 0.104 e. The predicted molar refractivity (Wildman–Crippen MR) is 93.3 cm³/mol. The smallest absolute Gasteiger partial charge is 0.104 e. The van der Waals surface area contributed by atoms with E-state index in [-0.39, 0.29) is 24.2 Å². The first-order chi connectivity index (χ1) is 10.2. The van der Waals surface area contributed by atoms with Gasteiger partial charge in [0.05, 0.1) is 0 Å². The molecule has 124 valence electrons. The van der Waals surface area contributed by atoms with Crippen molar-refractivity contribution in [2.75, 3.05) is 26.2 Å². The second-order valence-electron chi connectivity index (χ2n) is 6.61. The number of aliphatic hydroxyl groups is 1. The predicted octanol–water partition coefficient (Wildman–Crippen LogP) is 3.22. The van der Waals surface area contributed by atoms with E-state index in [1.165, 1.54) is 37.7 Å². The molecule has 0 spiro atoms. The third-order valence-corrected chi connectivity index (χ3v) is 5.44. The quantitative estimate of drug-likeness (QED) is 0.924. The molecule has 2 aliphatic rings. The minimum Gasteiger partial charge on any atom is -0.379 e. The van der Waals surface area contributed by atoms with Crippen LogP contribution in [0.2, 0.25) is 0 Å². The molecular weight excluding hydrogens is 296 g/mol. The monoisotopic (exact) mass is 324 g/mol. The van der Waals surface area contributed by atoms with Gasteiger partial charge in [-0.25, -0.2) is 0 Å². The summed E-state index contributed by atoms with van der Waals surface area (Å²) in [7, 11) is 0. The van der Waals surface area contributed by atoms with Crippen molar-refractivity contribution in [1.29, 1.82) is 0 Å². The Balaban J connectivity index is 0.00000176. The highest BCUT2D eigenvalue weighted by molar-refractivity contribution is 5.85. The molecule has 1 saturated heterocycles. The number of benzene rings is 1. The number of hydrogen-bond donors (Lipinski definition) is 1. The van der Waals surface area contributed by atoms with Gasteiger partial charge in [0.25, 0.3) is 0 Å². The molecule has 0 radical (unpaired) electrons. The molecule has 1 aromatic rings. The Hall–Kier alpha value is -0.610. The SMILES string of the molecule is CC(O)N1CCN(C2(c3ccccc3)CCCCC2)CC1.Cl. The van der Waals surface area contributed by atoms with Crippen LogP contribution in [0, 0.1) is 0 Å². The first kappa shape index (κ1) is 17.7. The number of hydrogen-bond acceptors (Lipinski definition) is 3. The van der Waals surface area contributed by atoms with Gasteiger partial charge in [-0.15, -0.1) is 12.4 Å². The lowest BCUT2D eigenvalue weighted by atomic mass is 9.75. The summed E-state index contributed by atoms with van der Waals surface area (Å²) in [6, 6.07) is 11.1. The van der Waals surface area contributed by atoms with Crippen LogP contribution in [0.15, 0.2) is 30.3 Å². The van der Waals surface area contributed by atoms with Crippen LogP contribution in [0.25, 0.3) is 0 Å². The molecular formula is C18H29ClN2O. The van der Waals surface area contributed by atoms with Crippen molar-refractivity contribution < 1.29 is 5.11 Å². The Morgan fingerprint density at radius 1 is 0.955 bits per heavy atom. The van der Waals surface area contributed by atoms with Crippen molar-refractivity contribution in [3.05, 3.63) is 35.9 Å². The maximum atomic E-state index is 9.76. The molecule has 3 rings (SSSR count). The highest BCUT2D eigenvalue weighted by Crippen LogP contribution is 2.42. The van der Waals surface area contributed by atoms with Crippen molar-refractivity contribution in [2.45, 2.75) is 50.8 Å². The molecule has 0 amide bonds. The van der Waals surface area contributed by atoms with Crippen molar-refractivity contribution in [3.8, 4) is 0 Å². The summed E-state index contributed by atoms with van der Waals surface area (Å²) in [5.74, 6) is 0. The zero-order chi connectivity index (χ0) is 14.7. The summed E-state index contributed by atoms with van der Waals surface area (Å²) in [5.41, 5.74) is 1.74. The van der Waals surface area contributed by atoms with Crippen LogP contribution in [-0.2, 0) is 5.54 Å². The van der Waals surface area contributed by atoms with E-state index < -0.39 is 0 Å². The van der Waals surface area contributed by atoms with Crippen molar-refractivity contribution in [2.24, 2.45) is 0 Å².